The minimum absolute atomic E-state index is 0.218. The van der Waals surface area contributed by atoms with Gasteiger partial charge in [-0.25, -0.2) is 4.98 Å². The first kappa shape index (κ1) is 20.5. The first-order valence-electron chi connectivity index (χ1n) is 10.2. The van der Waals surface area contributed by atoms with Crippen LogP contribution in [0.1, 0.15) is 34.7 Å². The Labute approximate surface area is 181 Å². The first-order valence-corrected chi connectivity index (χ1v) is 10.2. The lowest BCUT2D eigenvalue weighted by Crippen LogP contribution is -2.31. The highest BCUT2D eigenvalue weighted by molar-refractivity contribution is 5.95. The summed E-state index contributed by atoms with van der Waals surface area (Å²) in [6, 6.07) is 22.6. The smallest absolute Gasteiger partial charge is 0.252 e. The number of para-hydroxylation sites is 2. The van der Waals surface area contributed by atoms with Crippen LogP contribution >= 0.6 is 0 Å². The van der Waals surface area contributed by atoms with E-state index in [9.17, 15) is 4.79 Å². The highest BCUT2D eigenvalue weighted by Crippen LogP contribution is 2.29. The number of methoxy groups -OCH3 is 2. The van der Waals surface area contributed by atoms with Crippen LogP contribution in [0.4, 0.5) is 0 Å². The van der Waals surface area contributed by atoms with Crippen molar-refractivity contribution in [2.75, 3.05) is 14.2 Å². The molecule has 4 rings (SSSR count). The quantitative estimate of drug-likeness (QED) is 0.479. The number of amides is 1. The van der Waals surface area contributed by atoms with Crippen molar-refractivity contribution in [2.24, 2.45) is 0 Å². The number of aryl methyl sites for hydroxylation is 1. The largest absolute Gasteiger partial charge is 0.493 e. The molecule has 0 spiro atoms. The molecule has 0 saturated carbocycles. The van der Waals surface area contributed by atoms with Gasteiger partial charge in [0.2, 0.25) is 0 Å². The van der Waals surface area contributed by atoms with Crippen molar-refractivity contribution in [3.63, 3.8) is 0 Å². The number of ether oxygens (including phenoxy) is 2. The summed E-state index contributed by atoms with van der Waals surface area (Å²) < 4.78 is 12.8. The molecule has 1 atom stereocenters. The topological polar surface area (TPSA) is 65.4 Å². The average Bonchev–Trinajstić information content (AvgIpc) is 3.20. The Balaban J connectivity index is 1.77. The van der Waals surface area contributed by atoms with Gasteiger partial charge in [0.25, 0.3) is 5.91 Å². The van der Waals surface area contributed by atoms with E-state index < -0.39 is 6.04 Å². The highest BCUT2D eigenvalue weighted by Gasteiger charge is 2.24. The summed E-state index contributed by atoms with van der Waals surface area (Å²) in [5.74, 6) is 1.66. The van der Waals surface area contributed by atoms with Crippen LogP contribution < -0.4 is 14.8 Å². The van der Waals surface area contributed by atoms with Crippen molar-refractivity contribution in [2.45, 2.75) is 19.5 Å². The summed E-state index contributed by atoms with van der Waals surface area (Å²) in [6.07, 6.45) is 0. The van der Waals surface area contributed by atoms with Gasteiger partial charge in [-0.05, 0) is 42.8 Å². The Kier molecular flexibility index (Phi) is 5.89. The van der Waals surface area contributed by atoms with E-state index in [0.29, 0.717) is 17.1 Å². The van der Waals surface area contributed by atoms with E-state index in [1.54, 1.807) is 32.4 Å². The zero-order valence-corrected chi connectivity index (χ0v) is 17.8. The second-order valence-electron chi connectivity index (χ2n) is 7.09. The normalized spacial score (nSPS) is 11.8. The van der Waals surface area contributed by atoms with Crippen molar-refractivity contribution in [1.29, 1.82) is 0 Å². The van der Waals surface area contributed by atoms with Crippen LogP contribution in [0.2, 0.25) is 0 Å². The number of hydrogen-bond acceptors (Lipinski definition) is 4. The SMILES string of the molecule is CCn1c(C(NC(=O)c2ccc(OC)c(OC)c2)c2ccccc2)nc2ccccc21. The molecule has 0 aliphatic rings. The fraction of sp³-hybridized carbons (Fsp3) is 0.200. The third-order valence-corrected chi connectivity index (χ3v) is 5.31. The second-order valence-corrected chi connectivity index (χ2v) is 7.09. The number of nitrogens with one attached hydrogen (secondary N) is 1. The summed E-state index contributed by atoms with van der Waals surface area (Å²) in [6.45, 7) is 2.82. The zero-order valence-electron chi connectivity index (χ0n) is 17.8. The molecule has 0 bridgehead atoms. The van der Waals surface area contributed by atoms with E-state index >= 15 is 0 Å². The number of fused-ring (bicyclic) bond motifs is 1. The van der Waals surface area contributed by atoms with Gasteiger partial charge in [-0.1, -0.05) is 42.5 Å². The maximum Gasteiger partial charge on any atom is 0.252 e. The molecule has 0 aliphatic heterocycles. The lowest BCUT2D eigenvalue weighted by molar-refractivity contribution is 0.0940. The number of aromatic nitrogens is 2. The zero-order chi connectivity index (χ0) is 21.8. The first-order chi connectivity index (χ1) is 15.2. The van der Waals surface area contributed by atoms with E-state index in [2.05, 4.69) is 16.8 Å². The molecule has 0 radical (unpaired) electrons. The second kappa shape index (κ2) is 8.92. The van der Waals surface area contributed by atoms with Crippen LogP contribution in [0, 0.1) is 0 Å². The number of carbonyl (C=O) groups is 1. The minimum atomic E-state index is -0.408. The summed E-state index contributed by atoms with van der Waals surface area (Å²) in [7, 11) is 3.12. The molecule has 3 aromatic carbocycles. The lowest BCUT2D eigenvalue weighted by atomic mass is 10.0. The molecular formula is C25H25N3O3. The Morgan fingerprint density at radius 3 is 2.39 bits per heavy atom. The Morgan fingerprint density at radius 2 is 1.68 bits per heavy atom. The Bertz CT molecular complexity index is 1200. The fourth-order valence-electron chi connectivity index (χ4n) is 3.78. The van der Waals surface area contributed by atoms with E-state index in [0.717, 1.165) is 29.0 Å². The molecule has 1 N–H and O–H groups in total. The third kappa shape index (κ3) is 3.97. The van der Waals surface area contributed by atoms with Gasteiger partial charge in [-0.3, -0.25) is 4.79 Å². The number of benzene rings is 3. The molecule has 6 heteroatoms. The van der Waals surface area contributed by atoms with Gasteiger partial charge in [-0.15, -0.1) is 0 Å². The predicted molar refractivity (Wildman–Crippen MR) is 121 cm³/mol. The molecule has 6 nitrogen and oxygen atoms in total. The predicted octanol–water partition coefficient (Wildman–Crippen LogP) is 4.59. The van der Waals surface area contributed by atoms with Gasteiger partial charge in [-0.2, -0.15) is 0 Å². The molecule has 1 aromatic heterocycles. The maximum absolute atomic E-state index is 13.2. The van der Waals surface area contributed by atoms with Crippen LogP contribution in [0.25, 0.3) is 11.0 Å². The van der Waals surface area contributed by atoms with E-state index in [1.807, 2.05) is 54.6 Å². The maximum atomic E-state index is 13.2. The summed E-state index contributed by atoms with van der Waals surface area (Å²) in [5, 5.41) is 3.17. The number of imidazole rings is 1. The van der Waals surface area contributed by atoms with Gasteiger partial charge in [0, 0.05) is 12.1 Å². The Morgan fingerprint density at radius 1 is 0.968 bits per heavy atom. The average molecular weight is 415 g/mol. The van der Waals surface area contributed by atoms with Crippen LogP contribution in [0.3, 0.4) is 0 Å². The summed E-state index contributed by atoms with van der Waals surface area (Å²) in [5.41, 5.74) is 3.39. The molecule has 1 unspecified atom stereocenters. The van der Waals surface area contributed by atoms with Crippen molar-refractivity contribution in [1.82, 2.24) is 14.9 Å². The molecule has 1 amide bonds. The Hall–Kier alpha value is -3.80. The molecule has 0 aliphatic carbocycles. The van der Waals surface area contributed by atoms with Gasteiger partial charge in [0.1, 0.15) is 11.9 Å². The van der Waals surface area contributed by atoms with Crippen LogP contribution in [-0.4, -0.2) is 29.7 Å². The molecule has 4 aromatic rings. The highest BCUT2D eigenvalue weighted by atomic mass is 16.5. The summed E-state index contributed by atoms with van der Waals surface area (Å²) in [4.78, 5) is 18.1. The number of rotatable bonds is 7. The van der Waals surface area contributed by atoms with Crippen molar-refractivity contribution < 1.29 is 14.3 Å². The standard InChI is InChI=1S/C25H25N3O3/c1-4-28-20-13-9-8-12-19(20)26-24(28)23(17-10-6-5-7-11-17)27-25(29)18-14-15-21(30-2)22(16-18)31-3/h5-16,23H,4H2,1-3H3,(H,27,29). The minimum Gasteiger partial charge on any atom is -0.493 e. The molecule has 31 heavy (non-hydrogen) atoms. The van der Waals surface area contributed by atoms with Crippen LogP contribution in [0.15, 0.2) is 72.8 Å². The van der Waals surface area contributed by atoms with E-state index in [1.165, 1.54) is 0 Å². The van der Waals surface area contributed by atoms with Gasteiger partial charge in [0.15, 0.2) is 11.5 Å². The molecular weight excluding hydrogens is 390 g/mol. The molecule has 0 fully saturated rings. The van der Waals surface area contributed by atoms with Crippen molar-refractivity contribution in [3.05, 3.63) is 89.7 Å². The molecule has 0 saturated heterocycles. The third-order valence-electron chi connectivity index (χ3n) is 5.31. The van der Waals surface area contributed by atoms with Crippen LogP contribution in [0.5, 0.6) is 11.5 Å². The van der Waals surface area contributed by atoms with Crippen LogP contribution in [-0.2, 0) is 6.54 Å². The summed E-state index contributed by atoms with van der Waals surface area (Å²) >= 11 is 0. The van der Waals surface area contributed by atoms with Gasteiger partial charge >= 0.3 is 0 Å². The van der Waals surface area contributed by atoms with E-state index in [-0.39, 0.29) is 5.91 Å². The molecule has 1 heterocycles. The van der Waals surface area contributed by atoms with Crippen molar-refractivity contribution >= 4 is 16.9 Å². The van der Waals surface area contributed by atoms with Gasteiger partial charge in [0.05, 0.1) is 25.3 Å². The molecule has 158 valence electrons. The monoisotopic (exact) mass is 415 g/mol. The van der Waals surface area contributed by atoms with Gasteiger partial charge < -0.3 is 19.4 Å². The fourth-order valence-corrected chi connectivity index (χ4v) is 3.78. The number of carbonyl (C=O) groups excluding carboxylic acids is 1. The lowest BCUT2D eigenvalue weighted by Gasteiger charge is -2.20. The number of nitrogens with zero attached hydrogens (tertiary/aromatic N) is 2. The number of hydrogen-bond donors (Lipinski definition) is 1. The van der Waals surface area contributed by atoms with E-state index in [4.69, 9.17) is 14.5 Å². The van der Waals surface area contributed by atoms with Crippen molar-refractivity contribution in [3.8, 4) is 11.5 Å².